The smallest absolute Gasteiger partial charge is 0.182 e. The van der Waals surface area contributed by atoms with Crippen molar-refractivity contribution in [2.24, 2.45) is 10.9 Å². The molecule has 1 heterocycles. The fraction of sp³-hybridized carbons (Fsp3) is 0. The van der Waals surface area contributed by atoms with Crippen LogP contribution < -0.4 is 5.73 Å². The van der Waals surface area contributed by atoms with E-state index in [0.717, 1.165) is 0 Å². The van der Waals surface area contributed by atoms with E-state index in [1.165, 1.54) is 6.39 Å². The highest BCUT2D eigenvalue weighted by molar-refractivity contribution is 6.32. The first-order chi connectivity index (χ1) is 6.72. The molecule has 6 heteroatoms. The van der Waals surface area contributed by atoms with Gasteiger partial charge >= 0.3 is 0 Å². The number of nitrogens with zero attached hydrogens (tertiary/aromatic N) is 2. The monoisotopic (exact) mass is 211 g/mol. The second-order valence-corrected chi connectivity index (χ2v) is 3.08. The van der Waals surface area contributed by atoms with Crippen LogP contribution in [0.2, 0.25) is 5.02 Å². The molecule has 0 spiro atoms. The number of hydrogen-bond acceptors (Lipinski definition) is 4. The lowest BCUT2D eigenvalue weighted by atomic mass is 10.2. The Bertz CT molecular complexity index is 506. The Hall–Kier alpha value is -1.75. The molecule has 14 heavy (non-hydrogen) atoms. The fourth-order valence-corrected chi connectivity index (χ4v) is 1.39. The van der Waals surface area contributed by atoms with Gasteiger partial charge in [-0.3, -0.25) is 0 Å². The van der Waals surface area contributed by atoms with Crippen molar-refractivity contribution in [1.29, 1.82) is 0 Å². The Labute approximate surface area is 83.8 Å². The fourth-order valence-electron chi connectivity index (χ4n) is 1.18. The van der Waals surface area contributed by atoms with Gasteiger partial charge in [-0.2, -0.15) is 0 Å². The van der Waals surface area contributed by atoms with Gasteiger partial charge in [-0.15, -0.1) is 0 Å². The molecule has 0 fully saturated rings. The first-order valence-electron chi connectivity index (χ1n) is 3.73. The summed E-state index contributed by atoms with van der Waals surface area (Å²) in [6.45, 7) is 0. The van der Waals surface area contributed by atoms with Gasteiger partial charge in [0.1, 0.15) is 5.52 Å². The number of amidine groups is 1. The highest BCUT2D eigenvalue weighted by Gasteiger charge is 2.10. The molecule has 0 atom stereocenters. The van der Waals surface area contributed by atoms with E-state index in [9.17, 15) is 0 Å². The van der Waals surface area contributed by atoms with Gasteiger partial charge in [0.15, 0.2) is 17.8 Å². The van der Waals surface area contributed by atoms with Crippen molar-refractivity contribution in [2.75, 3.05) is 0 Å². The molecule has 2 aromatic rings. The molecule has 1 aromatic carbocycles. The topological polar surface area (TPSA) is 84.6 Å². The second-order valence-electron chi connectivity index (χ2n) is 2.64. The Kier molecular flexibility index (Phi) is 2.01. The molecule has 0 radical (unpaired) electrons. The van der Waals surface area contributed by atoms with E-state index in [0.29, 0.717) is 21.7 Å². The molecule has 0 saturated heterocycles. The highest BCUT2D eigenvalue weighted by Crippen LogP contribution is 2.22. The number of aromatic nitrogens is 1. The first-order valence-corrected chi connectivity index (χ1v) is 4.11. The van der Waals surface area contributed by atoms with Crippen LogP contribution in [0.4, 0.5) is 0 Å². The quantitative estimate of drug-likeness (QED) is 0.325. The molecule has 0 amide bonds. The van der Waals surface area contributed by atoms with Crippen molar-refractivity contribution in [3.8, 4) is 0 Å². The number of oxime groups is 1. The minimum atomic E-state index is -0.0609. The summed E-state index contributed by atoms with van der Waals surface area (Å²) in [4.78, 5) is 3.91. The van der Waals surface area contributed by atoms with Crippen LogP contribution in [0.25, 0.3) is 11.1 Å². The van der Waals surface area contributed by atoms with Gasteiger partial charge in [-0.05, 0) is 12.1 Å². The summed E-state index contributed by atoms with van der Waals surface area (Å²) in [5.41, 5.74) is 6.88. The maximum atomic E-state index is 8.53. The van der Waals surface area contributed by atoms with Gasteiger partial charge in [-0.1, -0.05) is 16.8 Å². The normalized spacial score (nSPS) is 12.2. The number of nitrogens with two attached hydrogens (primary N) is 1. The average molecular weight is 212 g/mol. The molecule has 3 N–H and O–H groups in total. The van der Waals surface area contributed by atoms with Gasteiger partial charge in [0.05, 0.1) is 5.56 Å². The molecule has 0 aliphatic carbocycles. The molecular weight excluding hydrogens is 206 g/mol. The maximum Gasteiger partial charge on any atom is 0.182 e. The van der Waals surface area contributed by atoms with Crippen LogP contribution in [-0.4, -0.2) is 16.0 Å². The Morgan fingerprint density at radius 3 is 3.07 bits per heavy atom. The summed E-state index contributed by atoms with van der Waals surface area (Å²) in [7, 11) is 0. The van der Waals surface area contributed by atoms with E-state index < -0.39 is 0 Å². The summed E-state index contributed by atoms with van der Waals surface area (Å²) in [6, 6.07) is 3.18. The third kappa shape index (κ3) is 1.27. The van der Waals surface area contributed by atoms with E-state index in [-0.39, 0.29) is 5.84 Å². The van der Waals surface area contributed by atoms with Gasteiger partial charge in [0.25, 0.3) is 0 Å². The highest BCUT2D eigenvalue weighted by atomic mass is 35.5. The summed E-state index contributed by atoms with van der Waals surface area (Å²) in [5, 5.41) is 11.9. The Balaban J connectivity index is 2.79. The van der Waals surface area contributed by atoms with E-state index >= 15 is 0 Å². The predicted octanol–water partition coefficient (Wildman–Crippen LogP) is 1.58. The number of oxazole rings is 1. The first kappa shape index (κ1) is 8.83. The molecular formula is C8H6ClN3O2. The van der Waals surface area contributed by atoms with Crippen LogP contribution in [-0.2, 0) is 0 Å². The van der Waals surface area contributed by atoms with Crippen molar-refractivity contribution in [2.45, 2.75) is 0 Å². The van der Waals surface area contributed by atoms with Gasteiger partial charge < -0.3 is 15.4 Å². The van der Waals surface area contributed by atoms with Crippen molar-refractivity contribution in [3.05, 3.63) is 29.1 Å². The minimum Gasteiger partial charge on any atom is -0.443 e. The van der Waals surface area contributed by atoms with E-state index in [4.69, 9.17) is 27.0 Å². The maximum absolute atomic E-state index is 8.53. The third-order valence-corrected chi connectivity index (χ3v) is 2.00. The zero-order valence-corrected chi connectivity index (χ0v) is 7.69. The molecule has 0 saturated carbocycles. The minimum absolute atomic E-state index is 0.0609. The second kappa shape index (κ2) is 3.19. The molecule has 0 aliphatic heterocycles. The van der Waals surface area contributed by atoms with E-state index in [1.807, 2.05) is 0 Å². The molecule has 0 aliphatic rings. The lowest BCUT2D eigenvalue weighted by molar-refractivity contribution is 0.318. The molecule has 2 rings (SSSR count). The summed E-state index contributed by atoms with van der Waals surface area (Å²) in [6.07, 6.45) is 1.27. The van der Waals surface area contributed by atoms with Crippen molar-refractivity contribution in [3.63, 3.8) is 0 Å². The van der Waals surface area contributed by atoms with Crippen molar-refractivity contribution in [1.82, 2.24) is 4.98 Å². The van der Waals surface area contributed by atoms with Crippen molar-refractivity contribution >= 4 is 28.5 Å². The van der Waals surface area contributed by atoms with E-state index in [1.54, 1.807) is 12.1 Å². The van der Waals surface area contributed by atoms with Crippen LogP contribution in [0.15, 0.2) is 28.1 Å². The lowest BCUT2D eigenvalue weighted by Gasteiger charge is -1.99. The largest absolute Gasteiger partial charge is 0.443 e. The van der Waals surface area contributed by atoms with Crippen LogP contribution >= 0.6 is 11.6 Å². The number of fused-ring (bicyclic) bond motifs is 1. The van der Waals surface area contributed by atoms with Crippen molar-refractivity contribution < 1.29 is 9.62 Å². The van der Waals surface area contributed by atoms with Crippen LogP contribution in [0, 0.1) is 0 Å². The van der Waals surface area contributed by atoms with Crippen LogP contribution in [0.3, 0.4) is 0 Å². The van der Waals surface area contributed by atoms with Gasteiger partial charge in [0, 0.05) is 5.02 Å². The predicted molar refractivity (Wildman–Crippen MR) is 51.5 cm³/mol. The van der Waals surface area contributed by atoms with E-state index in [2.05, 4.69) is 10.1 Å². The molecule has 5 nitrogen and oxygen atoms in total. The standard InChI is InChI=1S/C8H6ClN3O2/c9-4-1-5(8(10)12-13)7-6(2-4)11-3-14-7/h1-3,13H,(H2,10,12). The van der Waals surface area contributed by atoms with Crippen LogP contribution in [0.1, 0.15) is 5.56 Å². The number of hydrogen-bond donors (Lipinski definition) is 2. The lowest BCUT2D eigenvalue weighted by Crippen LogP contribution is -2.13. The van der Waals surface area contributed by atoms with Gasteiger partial charge in [-0.25, -0.2) is 4.98 Å². The number of halogens is 1. The Morgan fingerprint density at radius 2 is 2.36 bits per heavy atom. The molecule has 0 bridgehead atoms. The SMILES string of the molecule is N/C(=N/O)c1cc(Cl)cc2ncoc12. The molecule has 1 aromatic heterocycles. The third-order valence-electron chi connectivity index (χ3n) is 1.78. The van der Waals surface area contributed by atoms with Crippen LogP contribution in [0.5, 0.6) is 0 Å². The molecule has 72 valence electrons. The Morgan fingerprint density at radius 1 is 1.57 bits per heavy atom. The van der Waals surface area contributed by atoms with Gasteiger partial charge in [0.2, 0.25) is 0 Å². The molecule has 0 unspecified atom stereocenters. The summed E-state index contributed by atoms with van der Waals surface area (Å²) < 4.78 is 5.09. The average Bonchev–Trinajstić information content (AvgIpc) is 2.62. The summed E-state index contributed by atoms with van der Waals surface area (Å²) in [5.74, 6) is -0.0609. The number of benzene rings is 1. The summed E-state index contributed by atoms with van der Waals surface area (Å²) >= 11 is 5.81. The number of rotatable bonds is 1. The zero-order valence-electron chi connectivity index (χ0n) is 6.94. The zero-order chi connectivity index (χ0) is 10.1.